The number of aromatic hydroxyl groups is 1. The third-order valence-corrected chi connectivity index (χ3v) is 2.58. The minimum atomic E-state index is -0.174. The van der Waals surface area contributed by atoms with Gasteiger partial charge in [-0.05, 0) is 12.1 Å². The van der Waals surface area contributed by atoms with Crippen molar-refractivity contribution in [1.29, 1.82) is 0 Å². The van der Waals surface area contributed by atoms with Crippen LogP contribution in [0.25, 0.3) is 0 Å². The Morgan fingerprint density at radius 3 is 3.00 bits per heavy atom. The first kappa shape index (κ1) is 12.4. The highest BCUT2D eigenvalue weighted by Gasteiger charge is 2.05. The molecule has 1 aromatic carbocycles. The van der Waals surface area contributed by atoms with Crippen molar-refractivity contribution in [1.82, 2.24) is 14.8 Å². The van der Waals surface area contributed by atoms with Crippen LogP contribution in [-0.2, 0) is 11.3 Å². The summed E-state index contributed by atoms with van der Waals surface area (Å²) in [7, 11) is 0. The molecular weight excluding hydrogens is 256 g/mol. The molecule has 2 aromatic rings. The van der Waals surface area contributed by atoms with Gasteiger partial charge in [0.25, 0.3) is 0 Å². The Morgan fingerprint density at radius 1 is 1.50 bits per heavy atom. The van der Waals surface area contributed by atoms with E-state index in [0.29, 0.717) is 12.2 Å². The topological polar surface area (TPSA) is 80.0 Å². The summed E-state index contributed by atoms with van der Waals surface area (Å²) in [4.78, 5) is 15.4. The molecule has 0 aliphatic carbocycles. The molecule has 2 N–H and O–H groups in total. The Balaban J connectivity index is 1.88. The van der Waals surface area contributed by atoms with Crippen LogP contribution < -0.4 is 5.32 Å². The molecule has 0 unspecified atom stereocenters. The zero-order chi connectivity index (χ0) is 13.0. The summed E-state index contributed by atoms with van der Waals surface area (Å²) in [6.45, 7) is 0.450. The van der Waals surface area contributed by atoms with Crippen LogP contribution >= 0.6 is 11.6 Å². The number of carbonyl (C=O) groups excluding carboxylic acids is 1. The Hall–Kier alpha value is -2.08. The molecular formula is C11H11ClN4O2. The maximum absolute atomic E-state index is 11.6. The van der Waals surface area contributed by atoms with E-state index in [9.17, 15) is 9.90 Å². The Morgan fingerprint density at radius 2 is 2.33 bits per heavy atom. The summed E-state index contributed by atoms with van der Waals surface area (Å²) in [6, 6.07) is 4.54. The Kier molecular flexibility index (Phi) is 3.78. The van der Waals surface area contributed by atoms with Crippen molar-refractivity contribution in [2.24, 2.45) is 0 Å². The average Bonchev–Trinajstić information content (AvgIpc) is 2.84. The quantitative estimate of drug-likeness (QED) is 0.882. The first-order valence-corrected chi connectivity index (χ1v) is 5.64. The van der Waals surface area contributed by atoms with E-state index in [1.165, 1.54) is 18.5 Å². The zero-order valence-corrected chi connectivity index (χ0v) is 10.1. The van der Waals surface area contributed by atoms with Crippen LogP contribution in [0, 0.1) is 0 Å². The number of anilines is 1. The van der Waals surface area contributed by atoms with E-state index in [1.807, 2.05) is 0 Å². The molecule has 1 aromatic heterocycles. The number of phenols is 1. The average molecular weight is 267 g/mol. The van der Waals surface area contributed by atoms with E-state index < -0.39 is 0 Å². The van der Waals surface area contributed by atoms with Gasteiger partial charge >= 0.3 is 0 Å². The summed E-state index contributed by atoms with van der Waals surface area (Å²) in [6.07, 6.45) is 3.23. The SMILES string of the molecule is O=C(CCn1cncn1)Nc1ccc(Cl)c(O)c1. The van der Waals surface area contributed by atoms with Crippen LogP contribution in [-0.4, -0.2) is 25.8 Å². The number of nitrogens with zero attached hydrogens (tertiary/aromatic N) is 3. The van der Waals surface area contributed by atoms with Gasteiger partial charge in [-0.15, -0.1) is 0 Å². The molecule has 0 aliphatic heterocycles. The van der Waals surface area contributed by atoms with Crippen LogP contribution in [0.3, 0.4) is 0 Å². The second-order valence-corrected chi connectivity index (χ2v) is 4.03. The number of phenolic OH excluding ortho intramolecular Hbond substituents is 1. The van der Waals surface area contributed by atoms with Crippen molar-refractivity contribution in [2.45, 2.75) is 13.0 Å². The van der Waals surface area contributed by atoms with Gasteiger partial charge in [0.2, 0.25) is 5.91 Å². The second kappa shape index (κ2) is 5.50. The first-order valence-electron chi connectivity index (χ1n) is 5.26. The van der Waals surface area contributed by atoms with Crippen molar-refractivity contribution in [3.05, 3.63) is 35.9 Å². The fraction of sp³-hybridized carbons (Fsp3) is 0.182. The highest BCUT2D eigenvalue weighted by Crippen LogP contribution is 2.26. The van der Waals surface area contributed by atoms with Crippen molar-refractivity contribution >= 4 is 23.2 Å². The number of aromatic nitrogens is 3. The molecule has 0 saturated heterocycles. The molecule has 7 heteroatoms. The van der Waals surface area contributed by atoms with E-state index >= 15 is 0 Å². The van der Waals surface area contributed by atoms with Crippen LogP contribution in [0.5, 0.6) is 5.75 Å². The minimum absolute atomic E-state index is 0.0641. The van der Waals surface area contributed by atoms with Gasteiger partial charge in [-0.1, -0.05) is 11.6 Å². The lowest BCUT2D eigenvalue weighted by molar-refractivity contribution is -0.116. The first-order chi connectivity index (χ1) is 8.65. The third-order valence-electron chi connectivity index (χ3n) is 2.26. The smallest absolute Gasteiger partial charge is 0.226 e. The largest absolute Gasteiger partial charge is 0.506 e. The predicted molar refractivity (Wildman–Crippen MR) is 66.4 cm³/mol. The fourth-order valence-corrected chi connectivity index (χ4v) is 1.50. The maximum atomic E-state index is 11.6. The van der Waals surface area contributed by atoms with Gasteiger partial charge in [-0.3, -0.25) is 9.48 Å². The molecule has 0 saturated carbocycles. The number of amides is 1. The summed E-state index contributed by atoms with van der Waals surface area (Å²) in [5.41, 5.74) is 0.500. The molecule has 0 spiro atoms. The lowest BCUT2D eigenvalue weighted by atomic mass is 10.3. The predicted octanol–water partition coefficient (Wildman–Crippen LogP) is 1.67. The molecule has 0 atom stereocenters. The molecule has 0 radical (unpaired) electrons. The summed E-state index contributed by atoms with van der Waals surface area (Å²) < 4.78 is 1.57. The summed E-state index contributed by atoms with van der Waals surface area (Å²) in [5, 5.41) is 16.2. The van der Waals surface area contributed by atoms with Gasteiger partial charge < -0.3 is 10.4 Å². The number of benzene rings is 1. The molecule has 1 heterocycles. The van der Waals surface area contributed by atoms with Gasteiger partial charge in [0, 0.05) is 18.2 Å². The fourth-order valence-electron chi connectivity index (χ4n) is 1.38. The molecule has 1 amide bonds. The lowest BCUT2D eigenvalue weighted by Crippen LogP contribution is -2.14. The molecule has 18 heavy (non-hydrogen) atoms. The standard InChI is InChI=1S/C11H11ClN4O2/c12-9-2-1-8(5-10(9)17)15-11(18)3-4-16-7-13-6-14-16/h1-2,5-7,17H,3-4H2,(H,15,18). The van der Waals surface area contributed by atoms with Gasteiger partial charge in [-0.2, -0.15) is 5.10 Å². The minimum Gasteiger partial charge on any atom is -0.506 e. The van der Waals surface area contributed by atoms with Crippen LogP contribution in [0.15, 0.2) is 30.9 Å². The Bertz CT molecular complexity index is 542. The molecule has 0 bridgehead atoms. The monoisotopic (exact) mass is 266 g/mol. The molecule has 6 nitrogen and oxygen atoms in total. The lowest BCUT2D eigenvalue weighted by Gasteiger charge is -2.06. The number of rotatable bonds is 4. The number of halogens is 1. The number of nitrogens with one attached hydrogen (secondary N) is 1. The van der Waals surface area contributed by atoms with E-state index in [4.69, 9.17) is 11.6 Å². The molecule has 94 valence electrons. The van der Waals surface area contributed by atoms with Gasteiger partial charge in [-0.25, -0.2) is 4.98 Å². The Labute approximate surface area is 108 Å². The van der Waals surface area contributed by atoms with Gasteiger partial charge in [0.15, 0.2) is 0 Å². The van der Waals surface area contributed by atoms with Crippen LogP contribution in [0.4, 0.5) is 5.69 Å². The van der Waals surface area contributed by atoms with Gasteiger partial charge in [0.05, 0.1) is 11.6 Å². The highest BCUT2D eigenvalue weighted by molar-refractivity contribution is 6.32. The van der Waals surface area contributed by atoms with Gasteiger partial charge in [0.1, 0.15) is 18.4 Å². The van der Waals surface area contributed by atoms with Crippen LogP contribution in [0.2, 0.25) is 5.02 Å². The number of hydrogen-bond acceptors (Lipinski definition) is 4. The molecule has 0 aliphatic rings. The summed E-state index contributed by atoms with van der Waals surface area (Å²) in [5.74, 6) is -0.238. The maximum Gasteiger partial charge on any atom is 0.226 e. The molecule has 0 fully saturated rings. The normalized spacial score (nSPS) is 10.3. The van der Waals surface area contributed by atoms with Crippen molar-refractivity contribution < 1.29 is 9.90 Å². The van der Waals surface area contributed by atoms with E-state index in [0.717, 1.165) is 0 Å². The molecule has 2 rings (SSSR count). The van der Waals surface area contributed by atoms with Crippen molar-refractivity contribution in [3.63, 3.8) is 0 Å². The second-order valence-electron chi connectivity index (χ2n) is 3.62. The van der Waals surface area contributed by atoms with E-state index in [-0.39, 0.29) is 23.1 Å². The van der Waals surface area contributed by atoms with E-state index in [1.54, 1.807) is 17.1 Å². The number of aryl methyl sites for hydroxylation is 1. The number of hydrogen-bond donors (Lipinski definition) is 2. The summed E-state index contributed by atoms with van der Waals surface area (Å²) >= 11 is 5.66. The zero-order valence-electron chi connectivity index (χ0n) is 9.38. The van der Waals surface area contributed by atoms with Crippen molar-refractivity contribution in [2.75, 3.05) is 5.32 Å². The van der Waals surface area contributed by atoms with E-state index in [2.05, 4.69) is 15.4 Å². The van der Waals surface area contributed by atoms with Crippen LogP contribution in [0.1, 0.15) is 6.42 Å². The third kappa shape index (κ3) is 3.21. The van der Waals surface area contributed by atoms with Crippen molar-refractivity contribution in [3.8, 4) is 5.75 Å². The highest BCUT2D eigenvalue weighted by atomic mass is 35.5. The number of carbonyl (C=O) groups is 1.